The minimum absolute atomic E-state index is 0.0599. The molecule has 142 valence electrons. The minimum atomic E-state index is -4.20. The smallest absolute Gasteiger partial charge is 0.291 e. The third-order valence-corrected chi connectivity index (χ3v) is 9.54. The molecule has 3 aromatic rings. The summed E-state index contributed by atoms with van der Waals surface area (Å²) in [6, 6.07) is 12.1. The lowest BCUT2D eigenvalue weighted by atomic mass is 10.2. The SMILES string of the molecule is Cc1ccc(S(=O)(=O)c2sc(=O)n(C)c2S(=O)(=O)c2ccc(C)cc2)cc1. The van der Waals surface area contributed by atoms with Gasteiger partial charge in [-0.2, -0.15) is 0 Å². The van der Waals surface area contributed by atoms with Crippen molar-refractivity contribution in [2.75, 3.05) is 0 Å². The van der Waals surface area contributed by atoms with Gasteiger partial charge in [-0.1, -0.05) is 46.7 Å². The first-order valence-corrected chi connectivity index (χ1v) is 11.7. The number of rotatable bonds is 4. The summed E-state index contributed by atoms with van der Waals surface area (Å²) in [7, 11) is -7.11. The summed E-state index contributed by atoms with van der Waals surface area (Å²) >= 11 is 0.412. The highest BCUT2D eigenvalue weighted by atomic mass is 32.2. The highest BCUT2D eigenvalue weighted by Gasteiger charge is 2.34. The second-order valence-corrected chi connectivity index (χ2v) is 11.1. The van der Waals surface area contributed by atoms with Crippen molar-refractivity contribution in [3.8, 4) is 0 Å². The van der Waals surface area contributed by atoms with Gasteiger partial charge in [0.25, 0.3) is 0 Å². The van der Waals surface area contributed by atoms with Crippen molar-refractivity contribution in [3.63, 3.8) is 0 Å². The van der Waals surface area contributed by atoms with E-state index in [0.717, 1.165) is 15.7 Å². The average molecular weight is 424 g/mol. The van der Waals surface area contributed by atoms with Gasteiger partial charge in [0, 0.05) is 7.05 Å². The van der Waals surface area contributed by atoms with Crippen molar-refractivity contribution in [2.45, 2.75) is 32.9 Å². The Morgan fingerprint density at radius 1 is 0.741 bits per heavy atom. The maximum atomic E-state index is 13.1. The van der Waals surface area contributed by atoms with Crippen LogP contribution in [-0.4, -0.2) is 21.4 Å². The largest absolute Gasteiger partial charge is 0.309 e. The number of hydrogen-bond acceptors (Lipinski definition) is 6. The molecule has 1 heterocycles. The lowest BCUT2D eigenvalue weighted by Gasteiger charge is -2.09. The quantitative estimate of drug-likeness (QED) is 0.644. The fraction of sp³-hybridized carbons (Fsp3) is 0.167. The highest BCUT2D eigenvalue weighted by molar-refractivity contribution is 7.96. The molecule has 6 nitrogen and oxygen atoms in total. The van der Waals surface area contributed by atoms with Gasteiger partial charge in [-0.15, -0.1) is 0 Å². The van der Waals surface area contributed by atoms with Crippen LogP contribution in [0.1, 0.15) is 11.1 Å². The molecule has 0 radical (unpaired) electrons. The summed E-state index contributed by atoms with van der Waals surface area (Å²) in [5, 5.41) is -0.512. The predicted molar refractivity (Wildman–Crippen MR) is 103 cm³/mol. The first kappa shape index (κ1) is 19.5. The Hall–Kier alpha value is -2.23. The maximum absolute atomic E-state index is 13.1. The molecule has 9 heteroatoms. The number of benzene rings is 2. The molecular weight excluding hydrogens is 406 g/mol. The van der Waals surface area contributed by atoms with Crippen molar-refractivity contribution in [1.82, 2.24) is 4.57 Å². The Kier molecular flexibility index (Phi) is 4.87. The Balaban J connectivity index is 2.29. The van der Waals surface area contributed by atoms with Gasteiger partial charge in [0.05, 0.1) is 9.79 Å². The van der Waals surface area contributed by atoms with E-state index in [1.807, 2.05) is 13.8 Å². The van der Waals surface area contributed by atoms with Crippen LogP contribution in [0.25, 0.3) is 0 Å². The van der Waals surface area contributed by atoms with Crippen LogP contribution in [0, 0.1) is 13.8 Å². The monoisotopic (exact) mass is 423 g/mol. The zero-order valence-corrected chi connectivity index (χ0v) is 17.3. The van der Waals surface area contributed by atoms with E-state index < -0.39 is 33.8 Å². The molecule has 3 rings (SSSR count). The Morgan fingerprint density at radius 2 is 1.15 bits per heavy atom. The third kappa shape index (κ3) is 3.38. The molecule has 2 aromatic carbocycles. The standard InChI is InChI=1S/C18H17NO5S3/c1-12-4-8-14(9-5-12)26(21,22)16-17(25-18(20)19(16)3)27(23,24)15-10-6-13(2)7-11-15/h4-11H,1-3H3. The molecule has 0 unspecified atom stereocenters. The van der Waals surface area contributed by atoms with E-state index in [1.165, 1.54) is 31.3 Å². The van der Waals surface area contributed by atoms with Crippen LogP contribution < -0.4 is 4.87 Å². The zero-order valence-electron chi connectivity index (χ0n) is 14.8. The fourth-order valence-electron chi connectivity index (χ4n) is 2.52. The molecule has 1 aromatic heterocycles. The van der Waals surface area contributed by atoms with Crippen molar-refractivity contribution in [1.29, 1.82) is 0 Å². The van der Waals surface area contributed by atoms with Gasteiger partial charge in [-0.25, -0.2) is 16.8 Å². The Bertz CT molecular complexity index is 1260. The van der Waals surface area contributed by atoms with Crippen LogP contribution in [0.5, 0.6) is 0 Å². The molecule has 0 aliphatic rings. The summed E-state index contributed by atoms with van der Waals surface area (Å²) in [5.41, 5.74) is 1.73. The van der Waals surface area contributed by atoms with Gasteiger partial charge in [-0.3, -0.25) is 9.36 Å². The van der Waals surface area contributed by atoms with Crippen LogP contribution in [0.4, 0.5) is 0 Å². The van der Waals surface area contributed by atoms with Crippen LogP contribution in [0.3, 0.4) is 0 Å². The summed E-state index contributed by atoms with van der Waals surface area (Å²) in [6.07, 6.45) is 0. The van der Waals surface area contributed by atoms with Gasteiger partial charge in [-0.05, 0) is 38.1 Å². The molecule has 0 amide bonds. The molecule has 0 aliphatic heterocycles. The van der Waals surface area contributed by atoms with E-state index in [0.29, 0.717) is 11.3 Å². The van der Waals surface area contributed by atoms with Gasteiger partial charge in [0.15, 0.2) is 9.24 Å². The summed E-state index contributed by atoms with van der Waals surface area (Å²) in [6.45, 7) is 3.62. The number of aryl methyl sites for hydroxylation is 2. The molecule has 0 fully saturated rings. The fourth-order valence-corrected chi connectivity index (χ4v) is 7.70. The molecular formula is C18H17NO5S3. The minimum Gasteiger partial charge on any atom is -0.291 e. The van der Waals surface area contributed by atoms with E-state index in [-0.39, 0.29) is 9.79 Å². The third-order valence-electron chi connectivity index (χ3n) is 4.09. The number of hydrogen-bond donors (Lipinski definition) is 0. The van der Waals surface area contributed by atoms with E-state index in [2.05, 4.69) is 0 Å². The molecule has 0 saturated heterocycles. The Morgan fingerprint density at radius 3 is 1.59 bits per heavy atom. The molecule has 0 atom stereocenters. The Labute approximate surface area is 161 Å². The van der Waals surface area contributed by atoms with Crippen molar-refractivity contribution >= 4 is 31.0 Å². The number of aromatic nitrogens is 1. The molecule has 0 saturated carbocycles. The molecule has 0 aliphatic carbocycles. The van der Waals surface area contributed by atoms with Gasteiger partial charge in [0.1, 0.15) is 0 Å². The van der Waals surface area contributed by atoms with Crippen LogP contribution in [0.15, 0.2) is 72.4 Å². The van der Waals surface area contributed by atoms with Gasteiger partial charge < -0.3 is 0 Å². The molecule has 0 N–H and O–H groups in total. The first-order chi connectivity index (χ1) is 12.5. The van der Waals surface area contributed by atoms with Crippen LogP contribution in [0.2, 0.25) is 0 Å². The number of sulfone groups is 2. The van der Waals surface area contributed by atoms with E-state index in [4.69, 9.17) is 0 Å². The topological polar surface area (TPSA) is 90.3 Å². The lowest BCUT2D eigenvalue weighted by Crippen LogP contribution is -2.17. The lowest BCUT2D eigenvalue weighted by molar-refractivity contribution is 0.571. The first-order valence-electron chi connectivity index (χ1n) is 7.88. The highest BCUT2D eigenvalue weighted by Crippen LogP contribution is 2.33. The zero-order chi connectivity index (χ0) is 20.0. The van der Waals surface area contributed by atoms with Gasteiger partial charge >= 0.3 is 4.87 Å². The second-order valence-electron chi connectivity index (χ2n) is 6.15. The van der Waals surface area contributed by atoms with Crippen LogP contribution >= 0.6 is 11.3 Å². The maximum Gasteiger partial charge on any atom is 0.309 e. The van der Waals surface area contributed by atoms with Crippen molar-refractivity contribution in [3.05, 3.63) is 69.3 Å². The van der Waals surface area contributed by atoms with Gasteiger partial charge in [0.2, 0.25) is 19.7 Å². The van der Waals surface area contributed by atoms with E-state index >= 15 is 0 Å². The summed E-state index contributed by atoms with van der Waals surface area (Å²) < 4.78 is 52.7. The van der Waals surface area contributed by atoms with Crippen molar-refractivity contribution < 1.29 is 16.8 Å². The average Bonchev–Trinajstić information content (AvgIpc) is 2.92. The van der Waals surface area contributed by atoms with Crippen molar-refractivity contribution in [2.24, 2.45) is 7.05 Å². The molecule has 0 spiro atoms. The number of thiazole rings is 1. The predicted octanol–water partition coefficient (Wildman–Crippen LogP) is 2.73. The van der Waals surface area contributed by atoms with E-state index in [1.54, 1.807) is 24.3 Å². The van der Waals surface area contributed by atoms with E-state index in [9.17, 15) is 21.6 Å². The molecule has 0 bridgehead atoms. The van der Waals surface area contributed by atoms with Crippen LogP contribution in [-0.2, 0) is 26.7 Å². The molecule has 27 heavy (non-hydrogen) atoms. The normalized spacial score (nSPS) is 12.3. The second kappa shape index (κ2) is 6.74. The summed E-state index contributed by atoms with van der Waals surface area (Å²) in [4.78, 5) is 11.4. The number of nitrogens with zero attached hydrogens (tertiary/aromatic N) is 1. The summed E-state index contributed by atoms with van der Waals surface area (Å²) in [5.74, 6) is 0.